The number of aromatic nitrogens is 3. The fraction of sp³-hybridized carbons (Fsp3) is 0.300. The third-order valence-electron chi connectivity index (χ3n) is 1.96. The monoisotopic (exact) mass is 205 g/mol. The van der Waals surface area contributed by atoms with E-state index >= 15 is 0 Å². The molecule has 5 heteroatoms. The molecule has 2 aromatic rings. The molecule has 0 saturated carbocycles. The molecule has 0 saturated heterocycles. The zero-order chi connectivity index (χ0) is 10.8. The Bertz CT molecular complexity index is 513. The quantitative estimate of drug-likeness (QED) is 0.807. The lowest BCUT2D eigenvalue weighted by Crippen LogP contribution is -2.03. The Labute approximate surface area is 86.1 Å². The van der Waals surface area contributed by atoms with E-state index in [1.54, 1.807) is 12.1 Å². The van der Waals surface area contributed by atoms with E-state index in [9.17, 15) is 4.79 Å². The number of pyridine rings is 1. The van der Waals surface area contributed by atoms with Crippen molar-refractivity contribution in [1.29, 1.82) is 0 Å². The number of hydrogen-bond acceptors (Lipinski definition) is 4. The summed E-state index contributed by atoms with van der Waals surface area (Å²) in [6.07, 6.45) is 0. The van der Waals surface area contributed by atoms with Crippen molar-refractivity contribution in [2.24, 2.45) is 0 Å². The molecule has 0 aromatic carbocycles. The average molecular weight is 205 g/mol. The molecule has 0 fully saturated rings. The van der Waals surface area contributed by atoms with Crippen LogP contribution in [0.2, 0.25) is 0 Å². The standard InChI is InChI=1S/C10H11N3O2/c1-6(2)9-12-10(15-13-9)7-4-3-5-8(14)11-7/h3-6H,1-2H3,(H,11,14). The zero-order valence-corrected chi connectivity index (χ0v) is 8.52. The fourth-order valence-electron chi connectivity index (χ4n) is 1.15. The Kier molecular flexibility index (Phi) is 2.37. The van der Waals surface area contributed by atoms with Gasteiger partial charge in [0.15, 0.2) is 5.82 Å². The van der Waals surface area contributed by atoms with Crippen molar-refractivity contribution in [3.8, 4) is 11.6 Å². The van der Waals surface area contributed by atoms with Crippen LogP contribution in [0.15, 0.2) is 27.5 Å². The zero-order valence-electron chi connectivity index (χ0n) is 8.52. The summed E-state index contributed by atoms with van der Waals surface area (Å²) in [5, 5.41) is 3.81. The summed E-state index contributed by atoms with van der Waals surface area (Å²) in [4.78, 5) is 17.9. The minimum atomic E-state index is -0.184. The highest BCUT2D eigenvalue weighted by Gasteiger charge is 2.11. The van der Waals surface area contributed by atoms with E-state index in [2.05, 4.69) is 15.1 Å². The maximum Gasteiger partial charge on any atom is 0.274 e. The first-order valence-corrected chi connectivity index (χ1v) is 4.70. The van der Waals surface area contributed by atoms with Gasteiger partial charge in [0.1, 0.15) is 5.69 Å². The third-order valence-corrected chi connectivity index (χ3v) is 1.96. The van der Waals surface area contributed by atoms with Crippen LogP contribution < -0.4 is 5.56 Å². The lowest BCUT2D eigenvalue weighted by atomic mass is 10.2. The van der Waals surface area contributed by atoms with Crippen LogP contribution >= 0.6 is 0 Å². The Morgan fingerprint density at radius 1 is 1.40 bits per heavy atom. The molecular weight excluding hydrogens is 194 g/mol. The van der Waals surface area contributed by atoms with E-state index in [0.29, 0.717) is 17.4 Å². The van der Waals surface area contributed by atoms with Crippen LogP contribution in [0.3, 0.4) is 0 Å². The van der Waals surface area contributed by atoms with Gasteiger partial charge in [-0.1, -0.05) is 25.1 Å². The number of nitrogens with one attached hydrogen (secondary N) is 1. The second kappa shape index (κ2) is 3.68. The van der Waals surface area contributed by atoms with Crippen molar-refractivity contribution < 1.29 is 4.52 Å². The van der Waals surface area contributed by atoms with Crippen LogP contribution in [0.25, 0.3) is 11.6 Å². The van der Waals surface area contributed by atoms with Gasteiger partial charge in [-0.25, -0.2) is 0 Å². The van der Waals surface area contributed by atoms with Gasteiger partial charge in [-0.05, 0) is 6.07 Å². The molecule has 0 spiro atoms. The van der Waals surface area contributed by atoms with E-state index in [1.807, 2.05) is 13.8 Å². The summed E-state index contributed by atoms with van der Waals surface area (Å²) in [6, 6.07) is 4.80. The third kappa shape index (κ3) is 1.96. The van der Waals surface area contributed by atoms with Gasteiger partial charge in [-0.15, -0.1) is 0 Å². The van der Waals surface area contributed by atoms with Crippen molar-refractivity contribution >= 4 is 0 Å². The molecular formula is C10H11N3O2. The minimum Gasteiger partial charge on any atom is -0.332 e. The summed E-state index contributed by atoms with van der Waals surface area (Å²) in [5.41, 5.74) is 0.360. The first-order chi connectivity index (χ1) is 7.16. The van der Waals surface area contributed by atoms with Gasteiger partial charge in [-0.3, -0.25) is 4.79 Å². The number of hydrogen-bond donors (Lipinski definition) is 1. The van der Waals surface area contributed by atoms with Crippen LogP contribution in [-0.2, 0) is 0 Å². The second-order valence-corrected chi connectivity index (χ2v) is 3.54. The smallest absolute Gasteiger partial charge is 0.274 e. The fourth-order valence-corrected chi connectivity index (χ4v) is 1.15. The summed E-state index contributed by atoms with van der Waals surface area (Å²) in [6.45, 7) is 3.95. The normalized spacial score (nSPS) is 10.9. The maximum atomic E-state index is 11.1. The molecule has 5 nitrogen and oxygen atoms in total. The molecule has 0 radical (unpaired) electrons. The van der Waals surface area contributed by atoms with Gasteiger partial charge in [-0.2, -0.15) is 4.98 Å². The molecule has 0 aliphatic carbocycles. The van der Waals surface area contributed by atoms with Gasteiger partial charge >= 0.3 is 0 Å². The highest BCUT2D eigenvalue weighted by molar-refractivity contribution is 5.45. The van der Waals surface area contributed by atoms with Crippen molar-refractivity contribution in [2.45, 2.75) is 19.8 Å². The van der Waals surface area contributed by atoms with Crippen molar-refractivity contribution in [3.63, 3.8) is 0 Å². The van der Waals surface area contributed by atoms with Gasteiger partial charge in [0, 0.05) is 12.0 Å². The largest absolute Gasteiger partial charge is 0.332 e. The second-order valence-electron chi connectivity index (χ2n) is 3.54. The van der Waals surface area contributed by atoms with Crippen molar-refractivity contribution in [2.75, 3.05) is 0 Å². The summed E-state index contributed by atoms with van der Waals surface area (Å²) >= 11 is 0. The number of rotatable bonds is 2. The van der Waals surface area contributed by atoms with E-state index in [1.165, 1.54) is 6.07 Å². The summed E-state index contributed by atoms with van der Waals surface area (Å²) < 4.78 is 5.04. The molecule has 0 atom stereocenters. The van der Waals surface area contributed by atoms with Gasteiger partial charge in [0.25, 0.3) is 5.89 Å². The molecule has 0 aliphatic rings. The van der Waals surface area contributed by atoms with E-state index in [4.69, 9.17) is 4.52 Å². The van der Waals surface area contributed by atoms with Crippen LogP contribution in [0.4, 0.5) is 0 Å². The molecule has 78 valence electrons. The van der Waals surface area contributed by atoms with Gasteiger partial charge in [0.2, 0.25) is 5.56 Å². The van der Waals surface area contributed by atoms with Crippen molar-refractivity contribution in [1.82, 2.24) is 15.1 Å². The first-order valence-electron chi connectivity index (χ1n) is 4.70. The SMILES string of the molecule is CC(C)c1noc(-c2cccc(=O)[nH]2)n1. The van der Waals surface area contributed by atoms with E-state index in [-0.39, 0.29) is 11.5 Å². The van der Waals surface area contributed by atoms with Crippen LogP contribution in [-0.4, -0.2) is 15.1 Å². The van der Waals surface area contributed by atoms with Crippen LogP contribution in [0.5, 0.6) is 0 Å². The predicted octanol–water partition coefficient (Wildman–Crippen LogP) is 1.55. The van der Waals surface area contributed by atoms with E-state index in [0.717, 1.165) is 0 Å². The average Bonchev–Trinajstić information content (AvgIpc) is 2.66. The molecule has 1 N–H and O–H groups in total. The molecule has 2 heterocycles. The molecule has 15 heavy (non-hydrogen) atoms. The van der Waals surface area contributed by atoms with Crippen molar-refractivity contribution in [3.05, 3.63) is 34.4 Å². The molecule has 0 unspecified atom stereocenters. The predicted molar refractivity (Wildman–Crippen MR) is 54.4 cm³/mol. The minimum absolute atomic E-state index is 0.184. The Morgan fingerprint density at radius 3 is 2.80 bits per heavy atom. The number of aromatic amines is 1. The summed E-state index contributed by atoms with van der Waals surface area (Å²) in [7, 11) is 0. The van der Waals surface area contributed by atoms with Crippen LogP contribution in [0, 0.1) is 0 Å². The molecule has 0 bridgehead atoms. The first kappa shape index (κ1) is 9.64. The highest BCUT2D eigenvalue weighted by atomic mass is 16.5. The lowest BCUT2D eigenvalue weighted by Gasteiger charge is -1.93. The Balaban J connectivity index is 2.41. The number of H-pyrrole nitrogens is 1. The van der Waals surface area contributed by atoms with Gasteiger partial charge in [0.05, 0.1) is 0 Å². The molecule has 2 rings (SSSR count). The molecule has 0 aliphatic heterocycles. The number of nitrogens with zero attached hydrogens (tertiary/aromatic N) is 2. The maximum absolute atomic E-state index is 11.1. The van der Waals surface area contributed by atoms with Crippen LogP contribution in [0.1, 0.15) is 25.6 Å². The Hall–Kier alpha value is -1.91. The molecule has 2 aromatic heterocycles. The Morgan fingerprint density at radius 2 is 2.20 bits per heavy atom. The molecule has 0 amide bonds. The highest BCUT2D eigenvalue weighted by Crippen LogP contribution is 2.16. The van der Waals surface area contributed by atoms with Gasteiger partial charge < -0.3 is 9.51 Å². The summed E-state index contributed by atoms with van der Waals surface area (Å²) in [5.74, 6) is 1.18. The van der Waals surface area contributed by atoms with E-state index < -0.39 is 0 Å². The topological polar surface area (TPSA) is 71.8 Å². The lowest BCUT2D eigenvalue weighted by molar-refractivity contribution is 0.418.